The van der Waals surface area contributed by atoms with Crippen LogP contribution < -0.4 is 9.47 Å². The van der Waals surface area contributed by atoms with E-state index in [-0.39, 0.29) is 30.1 Å². The Bertz CT molecular complexity index is 1040. The molecule has 33 heavy (non-hydrogen) atoms. The Balaban J connectivity index is 1.83. The number of unbranched alkanes of at least 4 members (excludes halogenated alkanes) is 1. The van der Waals surface area contributed by atoms with Crippen molar-refractivity contribution in [3.05, 3.63) is 72.6 Å². The van der Waals surface area contributed by atoms with Crippen molar-refractivity contribution in [2.45, 2.75) is 26.7 Å². The van der Waals surface area contributed by atoms with E-state index in [4.69, 9.17) is 18.9 Å². The van der Waals surface area contributed by atoms with E-state index in [1.165, 1.54) is 31.2 Å². The largest absolute Gasteiger partial charge is 0.513 e. The van der Waals surface area contributed by atoms with Gasteiger partial charge in [0.05, 0.1) is 13.2 Å². The predicted octanol–water partition coefficient (Wildman–Crippen LogP) is 5.39. The van der Waals surface area contributed by atoms with Crippen molar-refractivity contribution >= 4 is 18.1 Å². The summed E-state index contributed by atoms with van der Waals surface area (Å²) in [4.78, 5) is 34.5. The van der Waals surface area contributed by atoms with Crippen LogP contribution in [0.2, 0.25) is 0 Å². The summed E-state index contributed by atoms with van der Waals surface area (Å²) in [6.45, 7) is 10.3. The molecule has 0 aromatic heterocycles. The first-order valence-corrected chi connectivity index (χ1v) is 10.1. The van der Waals surface area contributed by atoms with Crippen molar-refractivity contribution in [2.24, 2.45) is 0 Å². The van der Waals surface area contributed by atoms with Crippen molar-refractivity contribution in [2.75, 3.05) is 13.2 Å². The van der Waals surface area contributed by atoms with Crippen LogP contribution in [0.4, 0.5) is 9.18 Å². The SMILES string of the molecule is C=C(C)C(=O)OCCCCOC(=O)Oc1ccc(-c2ccc(OC(=O)C(=C)C)cc2)c(F)c1. The molecule has 2 rings (SSSR count). The maximum Gasteiger partial charge on any atom is 0.513 e. The lowest BCUT2D eigenvalue weighted by Crippen LogP contribution is -2.12. The number of esters is 2. The third kappa shape index (κ3) is 8.25. The second kappa shape index (κ2) is 12.2. The molecule has 0 fully saturated rings. The highest BCUT2D eigenvalue weighted by Crippen LogP contribution is 2.28. The molecule has 0 saturated carbocycles. The molecule has 0 bridgehead atoms. The van der Waals surface area contributed by atoms with Gasteiger partial charge in [-0.15, -0.1) is 0 Å². The molecule has 7 nitrogen and oxygen atoms in total. The fourth-order valence-corrected chi connectivity index (χ4v) is 2.46. The molecule has 2 aromatic carbocycles. The molecule has 0 unspecified atom stereocenters. The van der Waals surface area contributed by atoms with Gasteiger partial charge in [-0.3, -0.25) is 0 Å². The summed E-state index contributed by atoms with van der Waals surface area (Å²) in [7, 11) is 0. The van der Waals surface area contributed by atoms with Crippen LogP contribution in [0.15, 0.2) is 66.8 Å². The van der Waals surface area contributed by atoms with Crippen LogP contribution in [-0.2, 0) is 19.1 Å². The lowest BCUT2D eigenvalue weighted by molar-refractivity contribution is -0.139. The summed E-state index contributed by atoms with van der Waals surface area (Å²) in [5, 5.41) is 0. The van der Waals surface area contributed by atoms with Gasteiger partial charge in [-0.05, 0) is 56.5 Å². The van der Waals surface area contributed by atoms with E-state index in [0.717, 1.165) is 6.07 Å². The first-order valence-electron chi connectivity index (χ1n) is 10.1. The summed E-state index contributed by atoms with van der Waals surface area (Å²) in [5.41, 5.74) is 1.40. The number of rotatable bonds is 10. The highest BCUT2D eigenvalue weighted by Gasteiger charge is 2.12. The van der Waals surface area contributed by atoms with Crippen LogP contribution in [0.25, 0.3) is 11.1 Å². The van der Waals surface area contributed by atoms with Crippen molar-refractivity contribution in [1.82, 2.24) is 0 Å². The van der Waals surface area contributed by atoms with Gasteiger partial charge in [-0.25, -0.2) is 18.8 Å². The maximum atomic E-state index is 14.5. The molecule has 0 N–H and O–H groups in total. The minimum absolute atomic E-state index is 0.0105. The van der Waals surface area contributed by atoms with Crippen LogP contribution >= 0.6 is 0 Å². The lowest BCUT2D eigenvalue weighted by atomic mass is 10.0. The van der Waals surface area contributed by atoms with Crippen LogP contribution in [0, 0.1) is 5.82 Å². The average molecular weight is 456 g/mol. The second-order valence-corrected chi connectivity index (χ2v) is 7.16. The molecular formula is C25H25FO7. The van der Waals surface area contributed by atoms with Gasteiger partial charge in [-0.1, -0.05) is 25.3 Å². The first-order chi connectivity index (χ1) is 15.7. The van der Waals surface area contributed by atoms with E-state index in [0.29, 0.717) is 29.7 Å². The average Bonchev–Trinajstić information content (AvgIpc) is 2.76. The Morgan fingerprint density at radius 2 is 1.36 bits per heavy atom. The molecular weight excluding hydrogens is 431 g/mol. The maximum absolute atomic E-state index is 14.5. The summed E-state index contributed by atoms with van der Waals surface area (Å²) in [5.74, 6) is -1.32. The Morgan fingerprint density at radius 1 is 0.788 bits per heavy atom. The fourth-order valence-electron chi connectivity index (χ4n) is 2.46. The summed E-state index contributed by atoms with van der Waals surface area (Å²) < 4.78 is 34.5. The zero-order valence-electron chi connectivity index (χ0n) is 18.5. The quantitative estimate of drug-likeness (QED) is 0.156. The Morgan fingerprint density at radius 3 is 1.94 bits per heavy atom. The highest BCUT2D eigenvalue weighted by molar-refractivity contribution is 5.89. The van der Waals surface area contributed by atoms with Gasteiger partial charge in [0.2, 0.25) is 0 Å². The van der Waals surface area contributed by atoms with Gasteiger partial charge in [0.1, 0.15) is 17.3 Å². The Hall–Kier alpha value is -3.94. The lowest BCUT2D eigenvalue weighted by Gasteiger charge is -2.09. The standard InChI is InChI=1S/C25H25FO7/c1-16(2)23(27)30-13-5-6-14-31-25(29)33-20-11-12-21(22(26)15-20)18-7-9-19(10-8-18)32-24(28)17(3)4/h7-12,15H,1,3,5-6,13-14H2,2,4H3. The molecule has 0 heterocycles. The van der Waals surface area contributed by atoms with Gasteiger partial charge < -0.3 is 18.9 Å². The van der Waals surface area contributed by atoms with E-state index in [1.54, 1.807) is 19.1 Å². The molecule has 0 amide bonds. The van der Waals surface area contributed by atoms with E-state index < -0.39 is 23.9 Å². The second-order valence-electron chi connectivity index (χ2n) is 7.16. The van der Waals surface area contributed by atoms with Gasteiger partial charge in [-0.2, -0.15) is 0 Å². The minimum Gasteiger partial charge on any atom is -0.462 e. The fraction of sp³-hybridized carbons (Fsp3) is 0.240. The van der Waals surface area contributed by atoms with Crippen molar-refractivity contribution in [3.8, 4) is 22.6 Å². The molecule has 0 aliphatic rings. The number of hydrogen-bond acceptors (Lipinski definition) is 7. The topological polar surface area (TPSA) is 88.1 Å². The summed E-state index contributed by atoms with van der Waals surface area (Å²) >= 11 is 0. The van der Waals surface area contributed by atoms with Gasteiger partial charge >= 0.3 is 18.1 Å². The zero-order valence-corrected chi connectivity index (χ0v) is 18.5. The van der Waals surface area contributed by atoms with Crippen LogP contribution in [0.3, 0.4) is 0 Å². The van der Waals surface area contributed by atoms with E-state index in [9.17, 15) is 18.8 Å². The summed E-state index contributed by atoms with van der Waals surface area (Å²) in [6.07, 6.45) is -0.00516. The monoisotopic (exact) mass is 456 g/mol. The molecule has 0 saturated heterocycles. The Kier molecular flexibility index (Phi) is 9.35. The number of halogens is 1. The molecule has 0 atom stereocenters. The van der Waals surface area contributed by atoms with Crippen molar-refractivity contribution in [1.29, 1.82) is 0 Å². The third-order valence-electron chi connectivity index (χ3n) is 4.21. The van der Waals surface area contributed by atoms with Crippen LogP contribution in [-0.4, -0.2) is 31.3 Å². The van der Waals surface area contributed by atoms with E-state index in [2.05, 4.69) is 13.2 Å². The summed E-state index contributed by atoms with van der Waals surface area (Å²) in [6, 6.07) is 10.2. The van der Waals surface area contributed by atoms with E-state index in [1.807, 2.05) is 0 Å². The molecule has 0 aliphatic carbocycles. The smallest absolute Gasteiger partial charge is 0.462 e. The highest BCUT2D eigenvalue weighted by atomic mass is 19.1. The van der Waals surface area contributed by atoms with Gasteiger partial charge in [0.15, 0.2) is 0 Å². The number of carbonyl (C=O) groups is 3. The molecule has 174 valence electrons. The number of benzene rings is 2. The van der Waals surface area contributed by atoms with Gasteiger partial charge in [0, 0.05) is 22.8 Å². The number of hydrogen-bond donors (Lipinski definition) is 0. The predicted molar refractivity (Wildman–Crippen MR) is 119 cm³/mol. The zero-order chi connectivity index (χ0) is 24.4. The number of ether oxygens (including phenoxy) is 4. The van der Waals surface area contributed by atoms with Crippen molar-refractivity contribution in [3.63, 3.8) is 0 Å². The molecule has 8 heteroatoms. The molecule has 0 aliphatic heterocycles. The normalized spacial score (nSPS) is 10.2. The molecule has 0 spiro atoms. The first kappa shape index (κ1) is 25.3. The third-order valence-corrected chi connectivity index (χ3v) is 4.21. The van der Waals surface area contributed by atoms with E-state index >= 15 is 0 Å². The molecule has 2 aromatic rings. The Labute approximate surface area is 191 Å². The van der Waals surface area contributed by atoms with Crippen LogP contribution in [0.1, 0.15) is 26.7 Å². The van der Waals surface area contributed by atoms with Crippen molar-refractivity contribution < 1.29 is 37.7 Å². The minimum atomic E-state index is -0.968. The van der Waals surface area contributed by atoms with Gasteiger partial charge in [0.25, 0.3) is 0 Å². The number of carbonyl (C=O) groups excluding carboxylic acids is 3. The van der Waals surface area contributed by atoms with Crippen LogP contribution in [0.5, 0.6) is 11.5 Å². The molecule has 0 radical (unpaired) electrons.